The third kappa shape index (κ3) is 2.25. The maximum atomic E-state index is 11.1. The van der Waals surface area contributed by atoms with Crippen LogP contribution in [0.15, 0.2) is 42.6 Å². The maximum absolute atomic E-state index is 11.1. The van der Waals surface area contributed by atoms with Crippen molar-refractivity contribution in [1.82, 2.24) is 4.98 Å². The van der Waals surface area contributed by atoms with Crippen LogP contribution in [0.4, 0.5) is 0 Å². The van der Waals surface area contributed by atoms with Crippen LogP contribution in [0.5, 0.6) is 5.75 Å². The Hall–Kier alpha value is -2.36. The fourth-order valence-electron chi connectivity index (χ4n) is 1.54. The zero-order chi connectivity index (χ0) is 12.3. The highest BCUT2D eigenvalue weighted by atomic mass is 16.5. The van der Waals surface area contributed by atoms with E-state index in [0.29, 0.717) is 5.69 Å². The molecule has 0 saturated carbocycles. The standard InChI is InChI=1S/C13H11NO3/c1-17-12-8-14-11(7-10(12)13(15)16)9-5-3-2-4-6-9/h2-8H,1H3,(H,15,16). The van der Waals surface area contributed by atoms with E-state index in [4.69, 9.17) is 9.84 Å². The highest BCUT2D eigenvalue weighted by Gasteiger charge is 2.13. The quantitative estimate of drug-likeness (QED) is 0.878. The number of methoxy groups -OCH3 is 1. The van der Waals surface area contributed by atoms with Crippen molar-refractivity contribution in [2.45, 2.75) is 0 Å². The molecule has 17 heavy (non-hydrogen) atoms. The molecule has 0 spiro atoms. The van der Waals surface area contributed by atoms with E-state index < -0.39 is 5.97 Å². The van der Waals surface area contributed by atoms with Crippen LogP contribution >= 0.6 is 0 Å². The van der Waals surface area contributed by atoms with E-state index in [1.807, 2.05) is 30.3 Å². The summed E-state index contributed by atoms with van der Waals surface area (Å²) in [6, 6.07) is 10.9. The van der Waals surface area contributed by atoms with Crippen LogP contribution in [0.25, 0.3) is 11.3 Å². The first kappa shape index (κ1) is 11.1. The Labute approximate surface area is 98.5 Å². The molecule has 4 nitrogen and oxygen atoms in total. The van der Waals surface area contributed by atoms with Gasteiger partial charge in [-0.3, -0.25) is 4.98 Å². The van der Waals surface area contributed by atoms with Gasteiger partial charge in [-0.2, -0.15) is 0 Å². The van der Waals surface area contributed by atoms with Crippen molar-refractivity contribution in [3.8, 4) is 17.0 Å². The molecule has 0 fully saturated rings. The summed E-state index contributed by atoms with van der Waals surface area (Å²) in [5, 5.41) is 9.06. The Balaban J connectivity index is 2.51. The van der Waals surface area contributed by atoms with Gasteiger partial charge in [-0.15, -0.1) is 0 Å². The molecule has 0 bridgehead atoms. The van der Waals surface area contributed by atoms with Crippen LogP contribution in [-0.2, 0) is 0 Å². The summed E-state index contributed by atoms with van der Waals surface area (Å²) in [6.07, 6.45) is 1.42. The van der Waals surface area contributed by atoms with Gasteiger partial charge in [-0.1, -0.05) is 30.3 Å². The minimum Gasteiger partial charge on any atom is -0.494 e. The van der Waals surface area contributed by atoms with Gasteiger partial charge in [0, 0.05) is 5.56 Å². The number of hydrogen-bond donors (Lipinski definition) is 1. The van der Waals surface area contributed by atoms with E-state index in [1.54, 1.807) is 0 Å². The number of nitrogens with zero attached hydrogens (tertiary/aromatic N) is 1. The SMILES string of the molecule is COc1cnc(-c2ccccc2)cc1C(=O)O. The molecule has 1 aromatic heterocycles. The average molecular weight is 229 g/mol. The zero-order valence-electron chi connectivity index (χ0n) is 9.25. The molecule has 4 heteroatoms. The summed E-state index contributed by atoms with van der Waals surface area (Å²) in [5.41, 5.74) is 1.60. The Morgan fingerprint density at radius 3 is 2.59 bits per heavy atom. The number of benzene rings is 1. The summed E-state index contributed by atoms with van der Waals surface area (Å²) in [5.74, 6) is -0.765. The molecule has 0 aliphatic rings. The molecule has 0 saturated heterocycles. The van der Waals surface area contributed by atoms with Gasteiger partial charge in [0.1, 0.15) is 5.56 Å². The smallest absolute Gasteiger partial charge is 0.339 e. The third-order valence-corrected chi connectivity index (χ3v) is 2.39. The Morgan fingerprint density at radius 2 is 2.00 bits per heavy atom. The maximum Gasteiger partial charge on any atom is 0.339 e. The third-order valence-electron chi connectivity index (χ3n) is 2.39. The Morgan fingerprint density at radius 1 is 1.29 bits per heavy atom. The summed E-state index contributed by atoms with van der Waals surface area (Å²) in [7, 11) is 1.42. The van der Waals surface area contributed by atoms with Crippen LogP contribution < -0.4 is 4.74 Å². The zero-order valence-corrected chi connectivity index (χ0v) is 9.25. The van der Waals surface area contributed by atoms with Gasteiger partial charge >= 0.3 is 5.97 Å². The van der Waals surface area contributed by atoms with Crippen molar-refractivity contribution < 1.29 is 14.6 Å². The van der Waals surface area contributed by atoms with Crippen LogP contribution in [0, 0.1) is 0 Å². The molecule has 0 amide bonds. The van der Waals surface area contributed by atoms with E-state index in [2.05, 4.69) is 4.98 Å². The van der Waals surface area contributed by atoms with Gasteiger partial charge in [0.2, 0.25) is 0 Å². The topological polar surface area (TPSA) is 59.4 Å². The number of carboxylic acid groups (broad SMARTS) is 1. The molecular weight excluding hydrogens is 218 g/mol. The average Bonchev–Trinajstić information content (AvgIpc) is 2.39. The van der Waals surface area contributed by atoms with Crippen molar-refractivity contribution in [3.63, 3.8) is 0 Å². The predicted molar refractivity (Wildman–Crippen MR) is 63.2 cm³/mol. The summed E-state index contributed by atoms with van der Waals surface area (Å²) in [4.78, 5) is 15.2. The number of rotatable bonds is 3. The van der Waals surface area contributed by atoms with Crippen LogP contribution in [0.2, 0.25) is 0 Å². The van der Waals surface area contributed by atoms with E-state index in [1.165, 1.54) is 19.4 Å². The van der Waals surface area contributed by atoms with Gasteiger partial charge in [0.15, 0.2) is 5.75 Å². The number of ether oxygens (including phenoxy) is 1. The second kappa shape index (κ2) is 4.65. The predicted octanol–water partition coefficient (Wildman–Crippen LogP) is 2.46. The molecule has 2 aromatic rings. The first-order valence-corrected chi connectivity index (χ1v) is 5.05. The fourth-order valence-corrected chi connectivity index (χ4v) is 1.54. The largest absolute Gasteiger partial charge is 0.494 e. The molecule has 86 valence electrons. The number of carboxylic acids is 1. The highest BCUT2D eigenvalue weighted by molar-refractivity contribution is 5.92. The van der Waals surface area contributed by atoms with Gasteiger partial charge in [-0.05, 0) is 6.07 Å². The Bertz CT molecular complexity index is 538. The van der Waals surface area contributed by atoms with Crippen molar-refractivity contribution in [3.05, 3.63) is 48.2 Å². The van der Waals surface area contributed by atoms with Crippen LogP contribution in [0.1, 0.15) is 10.4 Å². The minimum atomic E-state index is -1.03. The second-order valence-electron chi connectivity index (χ2n) is 3.44. The molecule has 1 N–H and O–H groups in total. The lowest BCUT2D eigenvalue weighted by Gasteiger charge is -2.06. The molecule has 2 rings (SSSR count). The summed E-state index contributed by atoms with van der Waals surface area (Å²) in [6.45, 7) is 0. The van der Waals surface area contributed by atoms with Crippen molar-refractivity contribution >= 4 is 5.97 Å². The number of pyridine rings is 1. The van der Waals surface area contributed by atoms with Gasteiger partial charge < -0.3 is 9.84 Å². The van der Waals surface area contributed by atoms with Crippen molar-refractivity contribution in [1.29, 1.82) is 0 Å². The molecular formula is C13H11NO3. The molecule has 0 radical (unpaired) electrons. The Kier molecular flexibility index (Phi) is 3.05. The van der Waals surface area contributed by atoms with E-state index in [0.717, 1.165) is 5.56 Å². The van der Waals surface area contributed by atoms with Crippen molar-refractivity contribution in [2.75, 3.05) is 7.11 Å². The number of aromatic carboxylic acids is 1. The minimum absolute atomic E-state index is 0.112. The molecule has 1 aromatic carbocycles. The fraction of sp³-hybridized carbons (Fsp3) is 0.0769. The molecule has 0 unspecified atom stereocenters. The van der Waals surface area contributed by atoms with E-state index in [9.17, 15) is 4.79 Å². The number of carbonyl (C=O) groups is 1. The summed E-state index contributed by atoms with van der Waals surface area (Å²) >= 11 is 0. The molecule has 1 heterocycles. The summed E-state index contributed by atoms with van der Waals surface area (Å²) < 4.78 is 4.95. The first-order valence-electron chi connectivity index (χ1n) is 5.05. The molecule has 0 aliphatic heterocycles. The van der Waals surface area contributed by atoms with Crippen LogP contribution in [-0.4, -0.2) is 23.2 Å². The number of hydrogen-bond acceptors (Lipinski definition) is 3. The van der Waals surface area contributed by atoms with Crippen molar-refractivity contribution in [2.24, 2.45) is 0 Å². The van der Waals surface area contributed by atoms with Gasteiger partial charge in [-0.25, -0.2) is 4.79 Å². The molecule has 0 atom stereocenters. The van der Waals surface area contributed by atoms with E-state index >= 15 is 0 Å². The number of aromatic nitrogens is 1. The van der Waals surface area contributed by atoms with Gasteiger partial charge in [0.05, 0.1) is 19.0 Å². The lowest BCUT2D eigenvalue weighted by atomic mass is 10.1. The lowest BCUT2D eigenvalue weighted by Crippen LogP contribution is -2.02. The lowest BCUT2D eigenvalue weighted by molar-refractivity contribution is 0.0693. The highest BCUT2D eigenvalue weighted by Crippen LogP contribution is 2.23. The normalized spacial score (nSPS) is 9.94. The van der Waals surface area contributed by atoms with Gasteiger partial charge in [0.25, 0.3) is 0 Å². The second-order valence-corrected chi connectivity index (χ2v) is 3.44. The first-order chi connectivity index (χ1) is 8.22. The van der Waals surface area contributed by atoms with Crippen LogP contribution in [0.3, 0.4) is 0 Å². The molecule has 0 aliphatic carbocycles. The van der Waals surface area contributed by atoms with E-state index in [-0.39, 0.29) is 11.3 Å². The monoisotopic (exact) mass is 229 g/mol.